The van der Waals surface area contributed by atoms with Crippen molar-refractivity contribution < 1.29 is 31.1 Å². The van der Waals surface area contributed by atoms with E-state index in [2.05, 4.69) is 30.9 Å². The predicted molar refractivity (Wildman–Crippen MR) is 54.8 cm³/mol. The highest BCUT2D eigenvalue weighted by molar-refractivity contribution is 9.09. The highest BCUT2D eigenvalue weighted by Crippen LogP contribution is 2.38. The van der Waals surface area contributed by atoms with Gasteiger partial charge in [-0.1, -0.05) is 15.9 Å². The van der Waals surface area contributed by atoms with Crippen LogP contribution in [0.2, 0.25) is 0 Å². The third kappa shape index (κ3) is 3.15. The normalized spacial score (nSPS) is 24.9. The summed E-state index contributed by atoms with van der Waals surface area (Å²) >= 11 is 2.80. The standard InChI is InChI=1S/C8H7BrF6N2O/c1-6(2-9)4(8(13,14)15)16-17-5(6)18-3-7(10,11)12/h2-3H2,1H3. The van der Waals surface area contributed by atoms with Gasteiger partial charge < -0.3 is 4.74 Å². The molecular weight excluding hydrogens is 334 g/mol. The van der Waals surface area contributed by atoms with Crippen LogP contribution in [0.3, 0.4) is 0 Å². The molecule has 1 aliphatic rings. The Bertz CT molecular complexity index is 388. The number of hydrogen-bond acceptors (Lipinski definition) is 3. The summed E-state index contributed by atoms with van der Waals surface area (Å²) in [5.74, 6) is -0.705. The maximum atomic E-state index is 12.6. The van der Waals surface area contributed by atoms with Crippen LogP contribution in [0.4, 0.5) is 26.3 Å². The minimum absolute atomic E-state index is 0.310. The van der Waals surface area contributed by atoms with E-state index >= 15 is 0 Å². The summed E-state index contributed by atoms with van der Waals surface area (Å²) < 4.78 is 77.9. The Morgan fingerprint density at radius 2 is 1.72 bits per heavy atom. The molecule has 3 nitrogen and oxygen atoms in total. The molecule has 0 amide bonds. The van der Waals surface area contributed by atoms with E-state index in [1.807, 2.05) is 0 Å². The first-order valence-corrected chi connectivity index (χ1v) is 5.62. The van der Waals surface area contributed by atoms with E-state index in [1.54, 1.807) is 0 Å². The van der Waals surface area contributed by atoms with Crippen LogP contribution in [0.5, 0.6) is 0 Å². The molecule has 0 fully saturated rings. The molecule has 0 aliphatic carbocycles. The van der Waals surface area contributed by atoms with Crippen LogP contribution in [0.25, 0.3) is 0 Å². The van der Waals surface area contributed by atoms with Crippen molar-refractivity contribution in [3.63, 3.8) is 0 Å². The molecule has 0 radical (unpaired) electrons. The summed E-state index contributed by atoms with van der Waals surface area (Å²) in [5.41, 5.74) is -3.15. The van der Waals surface area contributed by atoms with Gasteiger partial charge in [0.15, 0.2) is 12.3 Å². The second-order valence-electron chi connectivity index (χ2n) is 3.72. The summed E-state index contributed by atoms with van der Waals surface area (Å²) in [4.78, 5) is 0. The topological polar surface area (TPSA) is 34.0 Å². The smallest absolute Gasteiger partial charge is 0.432 e. The molecule has 0 saturated heterocycles. The van der Waals surface area contributed by atoms with Crippen LogP contribution < -0.4 is 0 Å². The van der Waals surface area contributed by atoms with Gasteiger partial charge in [0.1, 0.15) is 5.41 Å². The first-order chi connectivity index (χ1) is 8.00. The lowest BCUT2D eigenvalue weighted by Gasteiger charge is -2.26. The van der Waals surface area contributed by atoms with Gasteiger partial charge in [-0.25, -0.2) is 0 Å². The largest absolute Gasteiger partial charge is 0.469 e. The van der Waals surface area contributed by atoms with Crippen molar-refractivity contribution in [2.45, 2.75) is 19.3 Å². The quantitative estimate of drug-likeness (QED) is 0.561. The maximum Gasteiger partial charge on any atom is 0.432 e. The van der Waals surface area contributed by atoms with Gasteiger partial charge in [0, 0.05) is 5.33 Å². The zero-order valence-electron chi connectivity index (χ0n) is 8.86. The van der Waals surface area contributed by atoms with Crippen LogP contribution >= 0.6 is 15.9 Å². The fraction of sp³-hybridized carbons (Fsp3) is 0.750. The Morgan fingerprint density at radius 3 is 2.11 bits per heavy atom. The molecule has 0 aromatic rings. The molecule has 0 aromatic carbocycles. The van der Waals surface area contributed by atoms with E-state index < -0.39 is 36.0 Å². The minimum Gasteiger partial charge on any atom is -0.469 e. The number of alkyl halides is 7. The van der Waals surface area contributed by atoms with Gasteiger partial charge in [-0.2, -0.15) is 26.3 Å². The van der Waals surface area contributed by atoms with Crippen molar-refractivity contribution in [1.82, 2.24) is 0 Å². The fourth-order valence-electron chi connectivity index (χ4n) is 1.25. The van der Waals surface area contributed by atoms with Crippen LogP contribution in [-0.4, -0.2) is 35.9 Å². The number of halogens is 7. The summed E-state index contributed by atoms with van der Waals surface area (Å²) in [6, 6.07) is 0. The Balaban J connectivity index is 2.87. The predicted octanol–water partition coefficient (Wildman–Crippen LogP) is 3.30. The number of rotatable bonds is 2. The summed E-state index contributed by atoms with van der Waals surface area (Å²) in [5, 5.41) is 5.60. The summed E-state index contributed by atoms with van der Waals surface area (Å²) in [6.07, 6.45) is -9.44. The van der Waals surface area contributed by atoms with Gasteiger partial charge in [0.25, 0.3) is 0 Å². The van der Waals surface area contributed by atoms with Crippen LogP contribution in [0, 0.1) is 5.41 Å². The van der Waals surface area contributed by atoms with Crippen molar-refractivity contribution in [3.8, 4) is 0 Å². The zero-order chi connectivity index (χ0) is 14.2. The van der Waals surface area contributed by atoms with E-state index in [9.17, 15) is 26.3 Å². The molecule has 18 heavy (non-hydrogen) atoms. The van der Waals surface area contributed by atoms with Gasteiger partial charge in [0.05, 0.1) is 0 Å². The fourth-order valence-corrected chi connectivity index (χ4v) is 1.75. The van der Waals surface area contributed by atoms with E-state index in [-0.39, 0.29) is 5.33 Å². The van der Waals surface area contributed by atoms with E-state index in [4.69, 9.17) is 0 Å². The molecule has 1 unspecified atom stereocenters. The molecule has 0 N–H and O–H groups in total. The van der Waals surface area contributed by atoms with Gasteiger partial charge in [-0.3, -0.25) is 0 Å². The Labute approximate surface area is 106 Å². The zero-order valence-corrected chi connectivity index (χ0v) is 10.4. The molecule has 1 heterocycles. The maximum absolute atomic E-state index is 12.6. The van der Waals surface area contributed by atoms with Crippen LogP contribution in [-0.2, 0) is 4.74 Å². The Hall–Kier alpha value is -0.800. The molecule has 0 bridgehead atoms. The molecular formula is C8H7BrF6N2O. The molecule has 104 valence electrons. The van der Waals surface area contributed by atoms with E-state index in [1.165, 1.54) is 0 Å². The molecule has 0 saturated carbocycles. The lowest BCUT2D eigenvalue weighted by atomic mass is 9.87. The van der Waals surface area contributed by atoms with Crippen molar-refractivity contribution in [3.05, 3.63) is 0 Å². The highest BCUT2D eigenvalue weighted by Gasteiger charge is 2.54. The van der Waals surface area contributed by atoms with Crippen molar-refractivity contribution >= 4 is 27.5 Å². The van der Waals surface area contributed by atoms with Crippen molar-refractivity contribution in [2.24, 2.45) is 15.6 Å². The second-order valence-corrected chi connectivity index (χ2v) is 4.28. The number of nitrogens with zero attached hydrogens (tertiary/aromatic N) is 2. The Morgan fingerprint density at radius 1 is 1.17 bits per heavy atom. The average molecular weight is 341 g/mol. The van der Waals surface area contributed by atoms with Crippen LogP contribution in [0.1, 0.15) is 6.92 Å². The third-order valence-electron chi connectivity index (χ3n) is 2.14. The van der Waals surface area contributed by atoms with Crippen molar-refractivity contribution in [2.75, 3.05) is 11.9 Å². The lowest BCUT2D eigenvalue weighted by Crippen LogP contribution is -2.44. The van der Waals surface area contributed by atoms with Gasteiger partial charge in [-0.15, -0.1) is 10.2 Å². The number of hydrogen-bond donors (Lipinski definition) is 0. The number of ether oxygens (including phenoxy) is 1. The summed E-state index contributed by atoms with van der Waals surface area (Å²) in [7, 11) is 0. The van der Waals surface area contributed by atoms with Gasteiger partial charge >= 0.3 is 12.4 Å². The average Bonchev–Trinajstić information content (AvgIpc) is 2.51. The second kappa shape index (κ2) is 4.71. The van der Waals surface area contributed by atoms with Gasteiger partial charge in [0.2, 0.25) is 5.90 Å². The molecule has 0 aromatic heterocycles. The van der Waals surface area contributed by atoms with E-state index in [0.29, 0.717) is 0 Å². The molecule has 1 atom stereocenters. The molecule has 10 heteroatoms. The monoisotopic (exact) mass is 340 g/mol. The van der Waals surface area contributed by atoms with Crippen molar-refractivity contribution in [1.29, 1.82) is 0 Å². The molecule has 1 rings (SSSR count). The first kappa shape index (κ1) is 15.3. The first-order valence-electron chi connectivity index (χ1n) is 4.50. The SMILES string of the molecule is CC1(CBr)C(OCC(F)(F)F)=NN=C1C(F)(F)F. The lowest BCUT2D eigenvalue weighted by molar-refractivity contribution is -0.157. The van der Waals surface area contributed by atoms with Crippen LogP contribution in [0.15, 0.2) is 10.2 Å². The molecule has 1 aliphatic heterocycles. The highest BCUT2D eigenvalue weighted by atomic mass is 79.9. The molecule has 0 spiro atoms. The Kier molecular flexibility index (Phi) is 3.99. The third-order valence-corrected chi connectivity index (χ3v) is 3.27. The van der Waals surface area contributed by atoms with E-state index in [0.717, 1.165) is 6.92 Å². The summed E-state index contributed by atoms with van der Waals surface area (Å²) in [6.45, 7) is -0.661. The van der Waals surface area contributed by atoms with Gasteiger partial charge in [-0.05, 0) is 6.92 Å². The minimum atomic E-state index is -4.78.